The van der Waals surface area contributed by atoms with E-state index < -0.39 is 38.6 Å². The molecule has 0 fully saturated rings. The molecule has 82 valence electrons. The average molecular weight is 241 g/mol. The molecule has 0 aliphatic rings. The summed E-state index contributed by atoms with van der Waals surface area (Å²) in [6.07, 6.45) is 0. The van der Waals surface area contributed by atoms with Crippen molar-refractivity contribution in [3.05, 3.63) is 34.1 Å². The van der Waals surface area contributed by atoms with E-state index in [9.17, 15) is 27.7 Å². The first-order valence-corrected chi connectivity index (χ1v) is 4.31. The van der Waals surface area contributed by atoms with Gasteiger partial charge in [-0.1, -0.05) is 6.07 Å². The first-order chi connectivity index (χ1) is 6.81. The Bertz CT molecular complexity index is 393. The van der Waals surface area contributed by atoms with Gasteiger partial charge in [-0.25, -0.2) is 4.39 Å². The van der Waals surface area contributed by atoms with Crippen LogP contribution in [0.15, 0.2) is 23.1 Å². The summed E-state index contributed by atoms with van der Waals surface area (Å²) in [7, 11) is 0. The van der Waals surface area contributed by atoms with Crippen LogP contribution in [0, 0.1) is 15.9 Å². The van der Waals surface area contributed by atoms with Crippen LogP contribution < -0.4 is 0 Å². The van der Waals surface area contributed by atoms with Crippen LogP contribution in [-0.2, 0) is 0 Å². The maximum absolute atomic E-state index is 12.9. The van der Waals surface area contributed by atoms with E-state index in [2.05, 4.69) is 0 Å². The molecule has 0 atom stereocenters. The van der Waals surface area contributed by atoms with Crippen molar-refractivity contribution in [3.63, 3.8) is 0 Å². The van der Waals surface area contributed by atoms with E-state index in [1.807, 2.05) is 0 Å². The first-order valence-electron chi connectivity index (χ1n) is 3.50. The van der Waals surface area contributed by atoms with Crippen LogP contribution in [0.2, 0.25) is 0 Å². The lowest BCUT2D eigenvalue weighted by Crippen LogP contribution is -2.03. The maximum atomic E-state index is 12.9. The molecule has 0 aromatic heterocycles. The SMILES string of the molecule is O=[N+]([O-])c1cccc(F)c1SC(F)(F)F. The Morgan fingerprint density at radius 1 is 1.33 bits per heavy atom. The van der Waals surface area contributed by atoms with Crippen molar-refractivity contribution in [2.75, 3.05) is 0 Å². The number of hydrogen-bond acceptors (Lipinski definition) is 3. The van der Waals surface area contributed by atoms with Crippen LogP contribution in [-0.4, -0.2) is 10.4 Å². The van der Waals surface area contributed by atoms with E-state index in [-0.39, 0.29) is 0 Å². The first kappa shape index (κ1) is 11.8. The van der Waals surface area contributed by atoms with E-state index in [0.717, 1.165) is 18.2 Å². The van der Waals surface area contributed by atoms with Gasteiger partial charge in [0.1, 0.15) is 10.7 Å². The number of nitro benzene ring substituents is 1. The van der Waals surface area contributed by atoms with Crippen molar-refractivity contribution >= 4 is 17.4 Å². The third-order valence-corrected chi connectivity index (χ3v) is 2.20. The van der Waals surface area contributed by atoms with Crippen LogP contribution in [0.5, 0.6) is 0 Å². The van der Waals surface area contributed by atoms with Crippen LogP contribution >= 0.6 is 11.8 Å². The summed E-state index contributed by atoms with van der Waals surface area (Å²) in [6.45, 7) is 0. The Hall–Kier alpha value is -1.31. The fourth-order valence-electron chi connectivity index (χ4n) is 0.858. The molecule has 3 nitrogen and oxygen atoms in total. The number of nitrogens with zero attached hydrogens (tertiary/aromatic N) is 1. The van der Waals surface area contributed by atoms with Crippen molar-refractivity contribution in [3.8, 4) is 0 Å². The maximum Gasteiger partial charge on any atom is 0.446 e. The molecule has 0 spiro atoms. The second-order valence-electron chi connectivity index (χ2n) is 2.39. The summed E-state index contributed by atoms with van der Waals surface area (Å²) in [4.78, 5) is 8.24. The summed E-state index contributed by atoms with van der Waals surface area (Å²) in [5, 5.41) is 10.3. The molecule has 0 saturated heterocycles. The second-order valence-corrected chi connectivity index (χ2v) is 3.47. The highest BCUT2D eigenvalue weighted by molar-refractivity contribution is 8.00. The number of alkyl halides is 3. The highest BCUT2D eigenvalue weighted by atomic mass is 32.2. The van der Waals surface area contributed by atoms with Gasteiger partial charge in [0.15, 0.2) is 0 Å². The van der Waals surface area contributed by atoms with Gasteiger partial charge >= 0.3 is 5.51 Å². The van der Waals surface area contributed by atoms with Gasteiger partial charge in [0.25, 0.3) is 5.69 Å². The van der Waals surface area contributed by atoms with Gasteiger partial charge < -0.3 is 0 Å². The minimum Gasteiger partial charge on any atom is -0.258 e. The van der Waals surface area contributed by atoms with Gasteiger partial charge in [-0.3, -0.25) is 10.1 Å². The average Bonchev–Trinajstić information content (AvgIpc) is 2.05. The zero-order valence-electron chi connectivity index (χ0n) is 6.92. The Labute approximate surface area is 85.2 Å². The molecule has 0 amide bonds. The normalized spacial score (nSPS) is 11.5. The summed E-state index contributed by atoms with van der Waals surface area (Å²) in [5.41, 5.74) is -5.65. The Morgan fingerprint density at radius 3 is 2.40 bits per heavy atom. The molecule has 15 heavy (non-hydrogen) atoms. The van der Waals surface area contributed by atoms with Gasteiger partial charge in [0.2, 0.25) is 0 Å². The Kier molecular flexibility index (Phi) is 3.18. The predicted octanol–water partition coefficient (Wildman–Crippen LogP) is 3.35. The monoisotopic (exact) mass is 241 g/mol. The highest BCUT2D eigenvalue weighted by Gasteiger charge is 2.34. The van der Waals surface area contributed by atoms with E-state index in [1.54, 1.807) is 0 Å². The Morgan fingerprint density at radius 2 is 1.93 bits per heavy atom. The molecule has 0 aliphatic carbocycles. The smallest absolute Gasteiger partial charge is 0.258 e. The second kappa shape index (κ2) is 4.05. The molecule has 1 rings (SSSR count). The fourth-order valence-corrected chi connectivity index (χ4v) is 1.50. The summed E-state index contributed by atoms with van der Waals surface area (Å²) < 4.78 is 48.7. The predicted molar refractivity (Wildman–Crippen MR) is 45.0 cm³/mol. The third kappa shape index (κ3) is 3.08. The van der Waals surface area contributed by atoms with Gasteiger partial charge in [0.05, 0.1) is 4.92 Å². The number of thioether (sulfide) groups is 1. The Balaban J connectivity index is 3.19. The summed E-state index contributed by atoms with van der Waals surface area (Å²) in [5.74, 6) is -1.26. The molecular weight excluding hydrogens is 238 g/mol. The number of rotatable bonds is 2. The molecule has 8 heteroatoms. The number of halogens is 4. The van der Waals surface area contributed by atoms with Gasteiger partial charge in [-0.2, -0.15) is 13.2 Å². The van der Waals surface area contributed by atoms with Gasteiger partial charge in [-0.15, -0.1) is 0 Å². The van der Waals surface area contributed by atoms with Crippen LogP contribution in [0.3, 0.4) is 0 Å². The van der Waals surface area contributed by atoms with Crippen LogP contribution in [0.4, 0.5) is 23.2 Å². The molecule has 0 radical (unpaired) electrons. The standard InChI is InChI=1S/C7H3F4NO2S/c8-4-2-1-3-5(12(13)14)6(4)15-7(9,10)11/h1-3H. The lowest BCUT2D eigenvalue weighted by atomic mass is 10.3. The quantitative estimate of drug-likeness (QED) is 0.345. The molecule has 0 heterocycles. The van der Waals surface area contributed by atoms with E-state index in [4.69, 9.17) is 0 Å². The summed E-state index contributed by atoms with van der Waals surface area (Å²) in [6, 6.07) is 2.53. The lowest BCUT2D eigenvalue weighted by molar-refractivity contribution is -0.388. The van der Waals surface area contributed by atoms with Crippen molar-refractivity contribution < 1.29 is 22.5 Å². The third-order valence-electron chi connectivity index (χ3n) is 1.36. The van der Waals surface area contributed by atoms with Crippen LogP contribution in [0.25, 0.3) is 0 Å². The van der Waals surface area contributed by atoms with Crippen molar-refractivity contribution in [2.45, 2.75) is 10.4 Å². The molecule has 0 bridgehead atoms. The number of nitro groups is 1. The summed E-state index contributed by atoms with van der Waals surface area (Å²) >= 11 is -0.834. The van der Waals surface area contributed by atoms with Gasteiger partial charge in [-0.05, 0) is 17.8 Å². The van der Waals surface area contributed by atoms with Crippen molar-refractivity contribution in [1.82, 2.24) is 0 Å². The highest BCUT2D eigenvalue weighted by Crippen LogP contribution is 2.42. The molecule has 0 saturated carbocycles. The molecule has 0 aliphatic heterocycles. The molecule has 1 aromatic carbocycles. The fraction of sp³-hybridized carbons (Fsp3) is 0.143. The topological polar surface area (TPSA) is 43.1 Å². The molecule has 0 unspecified atom stereocenters. The van der Waals surface area contributed by atoms with E-state index in [0.29, 0.717) is 0 Å². The zero-order valence-corrected chi connectivity index (χ0v) is 7.73. The number of hydrogen-bond donors (Lipinski definition) is 0. The van der Waals surface area contributed by atoms with Crippen molar-refractivity contribution in [2.24, 2.45) is 0 Å². The van der Waals surface area contributed by atoms with Crippen molar-refractivity contribution in [1.29, 1.82) is 0 Å². The molecule has 0 N–H and O–H groups in total. The largest absolute Gasteiger partial charge is 0.446 e. The zero-order chi connectivity index (χ0) is 11.6. The van der Waals surface area contributed by atoms with Crippen LogP contribution in [0.1, 0.15) is 0 Å². The number of benzene rings is 1. The van der Waals surface area contributed by atoms with E-state index in [1.165, 1.54) is 0 Å². The van der Waals surface area contributed by atoms with E-state index >= 15 is 0 Å². The molecular formula is C7H3F4NO2S. The molecule has 1 aromatic rings. The van der Waals surface area contributed by atoms with Gasteiger partial charge in [0, 0.05) is 6.07 Å². The minimum atomic E-state index is -4.76. The minimum absolute atomic E-state index is 0.737. The lowest BCUT2D eigenvalue weighted by Gasteiger charge is -2.06.